The molecule has 0 radical (unpaired) electrons. The molecule has 1 N–H and O–H groups in total. The monoisotopic (exact) mass is 280 g/mol. The summed E-state index contributed by atoms with van der Waals surface area (Å²) in [6, 6.07) is 7.14. The molecule has 0 aromatic heterocycles. The molecule has 1 amide bonds. The molecule has 1 aliphatic rings. The minimum Gasteiger partial charge on any atom is -0.324 e. The van der Waals surface area contributed by atoms with Gasteiger partial charge < -0.3 is 5.32 Å². The Labute approximate surface area is 117 Å². The third-order valence-electron chi connectivity index (χ3n) is 3.27. The molecule has 2 rings (SSSR count). The molecule has 5 heteroatoms. The fourth-order valence-corrected chi connectivity index (χ4v) is 2.38. The molecule has 0 spiro atoms. The van der Waals surface area contributed by atoms with Crippen LogP contribution in [0.2, 0.25) is 5.02 Å². The van der Waals surface area contributed by atoms with Crippen molar-refractivity contribution in [1.82, 2.24) is 4.90 Å². The van der Waals surface area contributed by atoms with Crippen molar-refractivity contribution in [3.8, 4) is 0 Å². The van der Waals surface area contributed by atoms with Gasteiger partial charge in [-0.3, -0.25) is 14.5 Å². The largest absolute Gasteiger partial charge is 0.324 e. The van der Waals surface area contributed by atoms with Crippen molar-refractivity contribution in [2.75, 3.05) is 25.0 Å². The maximum absolute atomic E-state index is 11.9. The summed E-state index contributed by atoms with van der Waals surface area (Å²) in [6.45, 7) is 3.50. The van der Waals surface area contributed by atoms with Crippen molar-refractivity contribution in [2.45, 2.75) is 13.3 Å². The maximum atomic E-state index is 11.9. The summed E-state index contributed by atoms with van der Waals surface area (Å²) >= 11 is 5.98. The zero-order valence-corrected chi connectivity index (χ0v) is 11.6. The molecule has 1 aliphatic heterocycles. The van der Waals surface area contributed by atoms with E-state index in [0.29, 0.717) is 36.8 Å². The minimum atomic E-state index is -0.102. The molecule has 1 atom stereocenters. The lowest BCUT2D eigenvalue weighted by molar-refractivity contribution is -0.127. The van der Waals surface area contributed by atoms with Gasteiger partial charge in [0.2, 0.25) is 5.91 Å². The lowest BCUT2D eigenvalue weighted by atomic mass is 9.99. The number of Topliss-reactive ketones (excluding diaryl/α,β-unsaturated/α-hetero) is 1. The van der Waals surface area contributed by atoms with Gasteiger partial charge in [-0.1, -0.05) is 30.7 Å². The number of likely N-dealkylation sites (tertiary alicyclic amines) is 1. The minimum absolute atomic E-state index is 0.0156. The van der Waals surface area contributed by atoms with Crippen molar-refractivity contribution in [3.63, 3.8) is 0 Å². The van der Waals surface area contributed by atoms with E-state index in [1.165, 1.54) is 0 Å². The number of para-hydroxylation sites is 1. The number of hydrogen-bond donors (Lipinski definition) is 1. The summed E-state index contributed by atoms with van der Waals surface area (Å²) in [7, 11) is 0. The van der Waals surface area contributed by atoms with E-state index in [4.69, 9.17) is 11.6 Å². The number of nitrogens with one attached hydrogen (secondary N) is 1. The number of rotatable bonds is 3. The highest BCUT2D eigenvalue weighted by Gasteiger charge is 2.24. The standard InChI is InChI=1S/C14H17ClN2O2/c1-10-8-17(7-6-13(10)18)9-14(19)16-12-5-3-2-4-11(12)15/h2-5,10H,6-9H2,1H3,(H,16,19). The number of carbonyl (C=O) groups excluding carboxylic acids is 2. The number of amides is 1. The van der Waals surface area contributed by atoms with Crippen molar-refractivity contribution < 1.29 is 9.59 Å². The zero-order chi connectivity index (χ0) is 13.8. The van der Waals surface area contributed by atoms with E-state index in [-0.39, 0.29) is 17.6 Å². The molecule has 1 saturated heterocycles. The SMILES string of the molecule is CC1CN(CC(=O)Nc2ccccc2Cl)CCC1=O. The zero-order valence-electron chi connectivity index (χ0n) is 10.9. The highest BCUT2D eigenvalue weighted by molar-refractivity contribution is 6.33. The molecule has 1 aromatic rings. The van der Waals surface area contributed by atoms with Crippen LogP contribution in [0.5, 0.6) is 0 Å². The van der Waals surface area contributed by atoms with Gasteiger partial charge in [-0.2, -0.15) is 0 Å². The smallest absolute Gasteiger partial charge is 0.238 e. The molecular formula is C14H17ClN2O2. The van der Waals surface area contributed by atoms with E-state index in [9.17, 15) is 9.59 Å². The van der Waals surface area contributed by atoms with Gasteiger partial charge in [0.25, 0.3) is 0 Å². The Morgan fingerprint density at radius 3 is 2.89 bits per heavy atom. The number of nitrogens with zero attached hydrogens (tertiary/aromatic N) is 1. The van der Waals surface area contributed by atoms with Crippen LogP contribution in [0.4, 0.5) is 5.69 Å². The first kappa shape index (κ1) is 14.0. The van der Waals surface area contributed by atoms with Gasteiger partial charge in [-0.25, -0.2) is 0 Å². The van der Waals surface area contributed by atoms with E-state index < -0.39 is 0 Å². The van der Waals surface area contributed by atoms with Gasteiger partial charge in [-0.05, 0) is 12.1 Å². The average Bonchev–Trinajstić information content (AvgIpc) is 2.37. The molecule has 0 aliphatic carbocycles. The lowest BCUT2D eigenvalue weighted by Gasteiger charge is -2.29. The molecule has 1 fully saturated rings. The van der Waals surface area contributed by atoms with E-state index in [1.54, 1.807) is 12.1 Å². The molecule has 1 unspecified atom stereocenters. The summed E-state index contributed by atoms with van der Waals surface area (Å²) in [6.07, 6.45) is 0.528. The van der Waals surface area contributed by atoms with Crippen LogP contribution in [0.25, 0.3) is 0 Å². The van der Waals surface area contributed by atoms with Crippen LogP contribution in [0, 0.1) is 5.92 Å². The Morgan fingerprint density at radius 1 is 1.47 bits per heavy atom. The van der Waals surface area contributed by atoms with E-state index in [1.807, 2.05) is 24.0 Å². The van der Waals surface area contributed by atoms with Gasteiger partial charge in [0, 0.05) is 25.4 Å². The van der Waals surface area contributed by atoms with Crippen LogP contribution in [0.15, 0.2) is 24.3 Å². The van der Waals surface area contributed by atoms with Crippen LogP contribution in [0.3, 0.4) is 0 Å². The summed E-state index contributed by atoms with van der Waals surface area (Å²) in [5.41, 5.74) is 0.621. The van der Waals surface area contributed by atoms with Gasteiger partial charge >= 0.3 is 0 Å². The first-order valence-electron chi connectivity index (χ1n) is 6.35. The first-order valence-corrected chi connectivity index (χ1v) is 6.73. The van der Waals surface area contributed by atoms with Crippen molar-refractivity contribution in [3.05, 3.63) is 29.3 Å². The molecular weight excluding hydrogens is 264 g/mol. The van der Waals surface area contributed by atoms with Crippen LogP contribution >= 0.6 is 11.6 Å². The van der Waals surface area contributed by atoms with E-state index in [2.05, 4.69) is 5.32 Å². The summed E-state index contributed by atoms with van der Waals surface area (Å²) in [5.74, 6) is 0.194. The van der Waals surface area contributed by atoms with Crippen LogP contribution < -0.4 is 5.32 Å². The summed E-state index contributed by atoms with van der Waals surface area (Å²) in [5, 5.41) is 3.31. The third kappa shape index (κ3) is 3.78. The van der Waals surface area contributed by atoms with Gasteiger partial charge in [0.1, 0.15) is 5.78 Å². The highest BCUT2D eigenvalue weighted by Crippen LogP contribution is 2.20. The fourth-order valence-electron chi connectivity index (χ4n) is 2.19. The van der Waals surface area contributed by atoms with Crippen LogP contribution in [0.1, 0.15) is 13.3 Å². The van der Waals surface area contributed by atoms with Crippen LogP contribution in [-0.4, -0.2) is 36.2 Å². The Kier molecular flexibility index (Phi) is 4.56. The molecule has 0 saturated carbocycles. The number of hydrogen-bond acceptors (Lipinski definition) is 3. The Morgan fingerprint density at radius 2 is 2.21 bits per heavy atom. The fraction of sp³-hybridized carbons (Fsp3) is 0.429. The Bertz CT molecular complexity index is 490. The molecule has 102 valence electrons. The van der Waals surface area contributed by atoms with Crippen LogP contribution in [-0.2, 0) is 9.59 Å². The number of halogens is 1. The second-order valence-electron chi connectivity index (χ2n) is 4.88. The predicted molar refractivity (Wildman–Crippen MR) is 75.3 cm³/mol. The second-order valence-corrected chi connectivity index (χ2v) is 5.29. The Hall–Kier alpha value is -1.39. The van der Waals surface area contributed by atoms with Gasteiger partial charge in [0.15, 0.2) is 0 Å². The average molecular weight is 281 g/mol. The lowest BCUT2D eigenvalue weighted by Crippen LogP contribution is -2.43. The van der Waals surface area contributed by atoms with Crippen molar-refractivity contribution in [1.29, 1.82) is 0 Å². The van der Waals surface area contributed by atoms with Gasteiger partial charge in [-0.15, -0.1) is 0 Å². The Balaban J connectivity index is 1.88. The first-order chi connectivity index (χ1) is 9.06. The summed E-state index contributed by atoms with van der Waals surface area (Å²) in [4.78, 5) is 25.3. The topological polar surface area (TPSA) is 49.4 Å². The molecule has 19 heavy (non-hydrogen) atoms. The third-order valence-corrected chi connectivity index (χ3v) is 3.60. The van der Waals surface area contributed by atoms with Crippen molar-refractivity contribution in [2.24, 2.45) is 5.92 Å². The number of carbonyl (C=O) groups is 2. The summed E-state index contributed by atoms with van der Waals surface area (Å²) < 4.78 is 0. The second kappa shape index (κ2) is 6.17. The van der Waals surface area contributed by atoms with E-state index >= 15 is 0 Å². The number of piperidine rings is 1. The van der Waals surface area contributed by atoms with Crippen molar-refractivity contribution >= 4 is 29.0 Å². The number of benzene rings is 1. The highest BCUT2D eigenvalue weighted by atomic mass is 35.5. The number of anilines is 1. The molecule has 1 aromatic carbocycles. The maximum Gasteiger partial charge on any atom is 0.238 e. The normalized spacial score (nSPS) is 20.3. The molecule has 0 bridgehead atoms. The molecule has 4 nitrogen and oxygen atoms in total. The quantitative estimate of drug-likeness (QED) is 0.923. The van der Waals surface area contributed by atoms with Gasteiger partial charge in [0.05, 0.1) is 17.3 Å². The van der Waals surface area contributed by atoms with E-state index in [0.717, 1.165) is 0 Å². The molecule has 1 heterocycles. The number of ketones is 1. The predicted octanol–water partition coefficient (Wildman–Crippen LogP) is 2.19.